The molecule has 6 heteroatoms. The van der Waals surface area contributed by atoms with Gasteiger partial charge in [0, 0.05) is 31.1 Å². The molecule has 1 aliphatic carbocycles. The first-order valence-electron chi connectivity index (χ1n) is 8.86. The van der Waals surface area contributed by atoms with Gasteiger partial charge < -0.3 is 21.7 Å². The maximum Gasteiger partial charge on any atom is 0.251 e. The normalized spacial score (nSPS) is 21.2. The number of amides is 2. The highest BCUT2D eigenvalue weighted by Gasteiger charge is 2.29. The van der Waals surface area contributed by atoms with Gasteiger partial charge in [0.05, 0.1) is 11.4 Å². The molecular weight excluding hydrogens is 304 g/mol. The lowest BCUT2D eigenvalue weighted by Crippen LogP contribution is -2.32. The predicted molar refractivity (Wildman–Crippen MR) is 95.1 cm³/mol. The average Bonchev–Trinajstić information content (AvgIpc) is 2.77. The second-order valence-electron chi connectivity index (χ2n) is 6.71. The molecule has 1 fully saturated rings. The summed E-state index contributed by atoms with van der Waals surface area (Å²) in [6.45, 7) is 0.836. The molecule has 1 aromatic rings. The fourth-order valence-corrected chi connectivity index (χ4v) is 3.68. The molecule has 1 saturated carbocycles. The lowest BCUT2D eigenvalue weighted by atomic mass is 9.82. The molecule has 24 heavy (non-hydrogen) atoms. The fraction of sp³-hybridized carbons (Fsp3) is 0.556. The van der Waals surface area contributed by atoms with E-state index < -0.39 is 0 Å². The topological polar surface area (TPSA) is 96.2 Å². The van der Waals surface area contributed by atoms with Gasteiger partial charge in [0.2, 0.25) is 5.91 Å². The zero-order valence-electron chi connectivity index (χ0n) is 13.9. The van der Waals surface area contributed by atoms with Gasteiger partial charge in [-0.3, -0.25) is 9.59 Å². The number of nitrogens with one attached hydrogen (secondary N) is 3. The van der Waals surface area contributed by atoms with E-state index in [1.165, 1.54) is 32.1 Å². The van der Waals surface area contributed by atoms with Gasteiger partial charge in [-0.25, -0.2) is 0 Å². The zero-order valence-corrected chi connectivity index (χ0v) is 13.9. The Bertz CT molecular complexity index is 611. The second-order valence-corrected chi connectivity index (χ2v) is 6.71. The zero-order chi connectivity index (χ0) is 16.9. The van der Waals surface area contributed by atoms with Crippen LogP contribution in [0.25, 0.3) is 0 Å². The van der Waals surface area contributed by atoms with Crippen LogP contribution in [-0.4, -0.2) is 30.9 Å². The summed E-state index contributed by atoms with van der Waals surface area (Å²) in [7, 11) is 0. The van der Waals surface area contributed by atoms with Gasteiger partial charge in [0.25, 0.3) is 5.91 Å². The van der Waals surface area contributed by atoms with Crippen molar-refractivity contribution in [1.82, 2.24) is 5.32 Å². The highest BCUT2D eigenvalue weighted by molar-refractivity contribution is 6.01. The number of nitrogens with two attached hydrogens (primary N) is 1. The number of rotatable bonds is 4. The summed E-state index contributed by atoms with van der Waals surface area (Å²) in [6.07, 6.45) is 6.64. The van der Waals surface area contributed by atoms with Crippen molar-refractivity contribution in [2.75, 3.05) is 23.7 Å². The summed E-state index contributed by atoms with van der Waals surface area (Å²) in [5, 5.41) is 9.22. The Morgan fingerprint density at radius 2 is 2.00 bits per heavy atom. The maximum atomic E-state index is 12.3. The molecule has 2 amide bonds. The summed E-state index contributed by atoms with van der Waals surface area (Å²) in [5.74, 6) is 0.380. The van der Waals surface area contributed by atoms with Crippen molar-refractivity contribution >= 4 is 23.2 Å². The predicted octanol–water partition coefficient (Wildman–Crippen LogP) is 2.08. The molecule has 6 nitrogen and oxygen atoms in total. The quantitative estimate of drug-likeness (QED) is 0.679. The third-order valence-electron chi connectivity index (χ3n) is 4.95. The first-order chi connectivity index (χ1) is 11.7. The van der Waals surface area contributed by atoms with Crippen LogP contribution in [0.4, 0.5) is 11.4 Å². The largest absolute Gasteiger partial charge is 0.380 e. The molecule has 0 aromatic heterocycles. The molecule has 3 rings (SSSR count). The Morgan fingerprint density at radius 3 is 2.75 bits per heavy atom. The van der Waals surface area contributed by atoms with E-state index in [-0.39, 0.29) is 17.9 Å². The lowest BCUT2D eigenvalue weighted by molar-refractivity contribution is -0.116. The molecule has 130 valence electrons. The number of hydrogen-bond acceptors (Lipinski definition) is 4. The molecule has 0 spiro atoms. The van der Waals surface area contributed by atoms with Crippen LogP contribution in [0.1, 0.15) is 48.9 Å². The third-order valence-corrected chi connectivity index (χ3v) is 4.95. The third kappa shape index (κ3) is 3.87. The van der Waals surface area contributed by atoms with Gasteiger partial charge in [-0.15, -0.1) is 0 Å². The summed E-state index contributed by atoms with van der Waals surface area (Å²) in [4.78, 5) is 24.4. The van der Waals surface area contributed by atoms with Crippen LogP contribution < -0.4 is 21.7 Å². The molecular formula is C18H26N4O2. The summed E-state index contributed by atoms with van der Waals surface area (Å²) in [5.41, 5.74) is 7.51. The molecule has 1 unspecified atom stereocenters. The van der Waals surface area contributed by atoms with Crippen molar-refractivity contribution in [1.29, 1.82) is 0 Å². The van der Waals surface area contributed by atoms with Gasteiger partial charge in [-0.2, -0.15) is 0 Å². The van der Waals surface area contributed by atoms with Crippen LogP contribution in [0.5, 0.6) is 0 Å². The monoisotopic (exact) mass is 330 g/mol. The van der Waals surface area contributed by atoms with Crippen molar-refractivity contribution in [3.05, 3.63) is 23.8 Å². The summed E-state index contributed by atoms with van der Waals surface area (Å²) >= 11 is 0. The van der Waals surface area contributed by atoms with E-state index in [1.54, 1.807) is 12.1 Å². The first kappa shape index (κ1) is 16.8. The van der Waals surface area contributed by atoms with Crippen LogP contribution in [-0.2, 0) is 4.79 Å². The average molecular weight is 330 g/mol. The number of benzene rings is 1. The van der Waals surface area contributed by atoms with E-state index in [0.717, 1.165) is 5.69 Å². The molecule has 1 atom stereocenters. The van der Waals surface area contributed by atoms with Crippen LogP contribution >= 0.6 is 0 Å². The van der Waals surface area contributed by atoms with E-state index in [4.69, 9.17) is 5.73 Å². The van der Waals surface area contributed by atoms with Gasteiger partial charge >= 0.3 is 0 Å². The molecule has 2 aliphatic rings. The standard InChI is InChI=1S/C18H26N4O2/c19-8-9-20-18(24)13-6-7-14-16(10-13)22-17(23)11-15(21-14)12-4-2-1-3-5-12/h6-7,10,12,15,21H,1-5,8-9,11,19H2,(H,20,24)(H,22,23). The molecule has 1 heterocycles. The van der Waals surface area contributed by atoms with Crippen LogP contribution in [0.15, 0.2) is 18.2 Å². The molecule has 5 N–H and O–H groups in total. The minimum absolute atomic E-state index is 0.0105. The Balaban J connectivity index is 1.77. The minimum atomic E-state index is -0.175. The molecule has 0 bridgehead atoms. The number of fused-ring (bicyclic) bond motifs is 1. The Labute approximate surface area is 142 Å². The Hall–Kier alpha value is -2.08. The fourth-order valence-electron chi connectivity index (χ4n) is 3.68. The van der Waals surface area contributed by atoms with Gasteiger partial charge in [-0.1, -0.05) is 19.3 Å². The molecule has 0 radical (unpaired) electrons. The van der Waals surface area contributed by atoms with Gasteiger partial charge in [0.1, 0.15) is 0 Å². The smallest absolute Gasteiger partial charge is 0.251 e. The Morgan fingerprint density at radius 1 is 1.21 bits per heavy atom. The first-order valence-corrected chi connectivity index (χ1v) is 8.86. The van der Waals surface area contributed by atoms with Crippen molar-refractivity contribution in [2.24, 2.45) is 11.7 Å². The van der Waals surface area contributed by atoms with Crippen molar-refractivity contribution in [3.63, 3.8) is 0 Å². The van der Waals surface area contributed by atoms with Gasteiger partial charge in [0.15, 0.2) is 0 Å². The van der Waals surface area contributed by atoms with Crippen LogP contribution in [0, 0.1) is 5.92 Å². The second kappa shape index (κ2) is 7.66. The van der Waals surface area contributed by atoms with Crippen LogP contribution in [0.2, 0.25) is 0 Å². The van der Waals surface area contributed by atoms with Crippen LogP contribution in [0.3, 0.4) is 0 Å². The minimum Gasteiger partial charge on any atom is -0.380 e. The molecule has 1 aromatic carbocycles. The van der Waals surface area contributed by atoms with Crippen molar-refractivity contribution in [2.45, 2.75) is 44.6 Å². The molecule has 1 aliphatic heterocycles. The molecule has 0 saturated heterocycles. The summed E-state index contributed by atoms with van der Waals surface area (Å²) < 4.78 is 0. The van der Waals surface area contributed by atoms with E-state index >= 15 is 0 Å². The highest BCUT2D eigenvalue weighted by atomic mass is 16.2. The van der Waals surface area contributed by atoms with Crippen molar-refractivity contribution in [3.8, 4) is 0 Å². The summed E-state index contributed by atoms with van der Waals surface area (Å²) in [6, 6.07) is 5.57. The lowest BCUT2D eigenvalue weighted by Gasteiger charge is -2.30. The maximum absolute atomic E-state index is 12.3. The number of hydrogen-bond donors (Lipinski definition) is 4. The Kier molecular flexibility index (Phi) is 5.35. The number of anilines is 2. The number of carbonyl (C=O) groups excluding carboxylic acids is 2. The highest BCUT2D eigenvalue weighted by Crippen LogP contribution is 2.34. The number of carbonyl (C=O) groups is 2. The van der Waals surface area contributed by atoms with E-state index in [9.17, 15) is 9.59 Å². The van der Waals surface area contributed by atoms with Gasteiger partial charge in [-0.05, 0) is 37.0 Å². The SMILES string of the molecule is NCCNC(=O)c1ccc2c(c1)NC(=O)CC(C1CCCCC1)N2. The van der Waals surface area contributed by atoms with E-state index in [2.05, 4.69) is 16.0 Å². The van der Waals surface area contributed by atoms with E-state index in [0.29, 0.717) is 36.7 Å². The van der Waals surface area contributed by atoms with E-state index in [1.807, 2.05) is 6.07 Å². The van der Waals surface area contributed by atoms with Crippen molar-refractivity contribution < 1.29 is 9.59 Å².